The van der Waals surface area contributed by atoms with Crippen molar-refractivity contribution in [3.63, 3.8) is 0 Å². The zero-order chi connectivity index (χ0) is 16.8. The molecule has 0 bridgehead atoms. The molecule has 0 aliphatic carbocycles. The molecule has 0 heterocycles. The van der Waals surface area contributed by atoms with E-state index in [1.165, 1.54) is 5.56 Å². The molecule has 2 aromatic carbocycles. The van der Waals surface area contributed by atoms with Gasteiger partial charge in [-0.2, -0.15) is 0 Å². The molecule has 1 unspecified atom stereocenters. The van der Waals surface area contributed by atoms with Gasteiger partial charge in [0.05, 0.1) is 5.02 Å². The number of halogens is 2. The predicted molar refractivity (Wildman–Crippen MR) is 92.7 cm³/mol. The number of hydrogen-bond donors (Lipinski definition) is 0. The lowest BCUT2D eigenvalue weighted by atomic mass is 9.99. The second-order valence-electron chi connectivity index (χ2n) is 5.22. The van der Waals surface area contributed by atoms with Crippen LogP contribution in [-0.2, 0) is 4.79 Å². The minimum absolute atomic E-state index is 0.228. The number of esters is 1. The fraction of sp³-hybridized carbons (Fsp3) is 0.278. The first kappa shape index (κ1) is 17.6. The summed E-state index contributed by atoms with van der Waals surface area (Å²) < 4.78 is 10.6. The van der Waals surface area contributed by atoms with Crippen LogP contribution >= 0.6 is 23.2 Å². The summed E-state index contributed by atoms with van der Waals surface area (Å²) in [5.74, 6) is 0.871. The third-order valence-electron chi connectivity index (χ3n) is 3.53. The Morgan fingerprint density at radius 1 is 1.13 bits per heavy atom. The number of carbonyl (C=O) groups excluding carboxylic acids is 1. The minimum atomic E-state index is -0.493. The molecule has 2 rings (SSSR count). The zero-order valence-electron chi connectivity index (χ0n) is 13.0. The predicted octanol–water partition coefficient (Wildman–Crippen LogP) is 5.49. The Morgan fingerprint density at radius 3 is 2.43 bits per heavy atom. The standard InChI is InChI=1S/C18H18Cl2O3/c1-3-12(2)13-4-7-15(8-5-13)23-18(21)11-22-17-9-6-14(19)10-16(17)20/h4-10,12H,3,11H2,1-2H3. The second-order valence-corrected chi connectivity index (χ2v) is 6.06. The molecule has 5 heteroatoms. The molecule has 0 radical (unpaired) electrons. The first-order valence-corrected chi connectivity index (χ1v) is 8.13. The van der Waals surface area contributed by atoms with Crippen molar-refractivity contribution in [1.29, 1.82) is 0 Å². The summed E-state index contributed by atoms with van der Waals surface area (Å²) in [6, 6.07) is 12.3. The van der Waals surface area contributed by atoms with Crippen LogP contribution in [0.25, 0.3) is 0 Å². The highest BCUT2D eigenvalue weighted by Gasteiger charge is 2.09. The summed E-state index contributed by atoms with van der Waals surface area (Å²) >= 11 is 11.8. The lowest BCUT2D eigenvalue weighted by Crippen LogP contribution is -2.17. The van der Waals surface area contributed by atoms with Gasteiger partial charge in [0.1, 0.15) is 11.5 Å². The van der Waals surface area contributed by atoms with Crippen LogP contribution in [0, 0.1) is 0 Å². The Morgan fingerprint density at radius 2 is 1.83 bits per heavy atom. The second kappa shape index (κ2) is 8.23. The molecule has 2 aromatic rings. The fourth-order valence-corrected chi connectivity index (χ4v) is 2.45. The van der Waals surface area contributed by atoms with E-state index in [-0.39, 0.29) is 6.61 Å². The van der Waals surface area contributed by atoms with Gasteiger partial charge in [-0.25, -0.2) is 4.79 Å². The molecule has 0 N–H and O–H groups in total. The Bertz CT molecular complexity index is 668. The topological polar surface area (TPSA) is 35.5 Å². The van der Waals surface area contributed by atoms with Gasteiger partial charge in [-0.1, -0.05) is 49.2 Å². The monoisotopic (exact) mass is 352 g/mol. The molecule has 1 atom stereocenters. The quantitative estimate of drug-likeness (QED) is 0.509. The van der Waals surface area contributed by atoms with Crippen molar-refractivity contribution in [1.82, 2.24) is 0 Å². The van der Waals surface area contributed by atoms with Gasteiger partial charge in [0.2, 0.25) is 0 Å². The lowest BCUT2D eigenvalue weighted by molar-refractivity contribution is -0.136. The highest BCUT2D eigenvalue weighted by Crippen LogP contribution is 2.27. The van der Waals surface area contributed by atoms with Crippen LogP contribution in [0.2, 0.25) is 10.0 Å². The molecule has 3 nitrogen and oxygen atoms in total. The van der Waals surface area contributed by atoms with Gasteiger partial charge < -0.3 is 9.47 Å². The van der Waals surface area contributed by atoms with Crippen molar-refractivity contribution < 1.29 is 14.3 Å². The maximum atomic E-state index is 11.8. The van der Waals surface area contributed by atoms with Crippen molar-refractivity contribution in [3.05, 3.63) is 58.1 Å². The van der Waals surface area contributed by atoms with Gasteiger partial charge >= 0.3 is 5.97 Å². The van der Waals surface area contributed by atoms with Crippen LogP contribution < -0.4 is 9.47 Å². The molecule has 0 aromatic heterocycles. The van der Waals surface area contributed by atoms with Gasteiger partial charge in [0.15, 0.2) is 6.61 Å². The number of carbonyl (C=O) groups is 1. The first-order chi connectivity index (χ1) is 11.0. The van der Waals surface area contributed by atoms with Crippen molar-refractivity contribution in [3.8, 4) is 11.5 Å². The Labute approximate surface area is 146 Å². The molecule has 122 valence electrons. The Hall–Kier alpha value is -1.71. The van der Waals surface area contributed by atoms with Gasteiger partial charge in [0, 0.05) is 5.02 Å². The SMILES string of the molecule is CCC(C)c1ccc(OC(=O)COc2ccc(Cl)cc2Cl)cc1. The van der Waals surface area contributed by atoms with E-state index in [2.05, 4.69) is 13.8 Å². The van der Waals surface area contributed by atoms with Crippen LogP contribution in [-0.4, -0.2) is 12.6 Å². The highest BCUT2D eigenvalue weighted by atomic mass is 35.5. The normalized spacial score (nSPS) is 11.8. The average Bonchev–Trinajstić information content (AvgIpc) is 2.54. The van der Waals surface area contributed by atoms with Crippen molar-refractivity contribution >= 4 is 29.2 Å². The van der Waals surface area contributed by atoms with Crippen LogP contribution in [0.5, 0.6) is 11.5 Å². The molecule has 0 saturated carbocycles. The maximum absolute atomic E-state index is 11.8. The van der Waals surface area contributed by atoms with Crippen molar-refractivity contribution in [2.75, 3.05) is 6.61 Å². The molecule has 0 saturated heterocycles. The molecule has 0 amide bonds. The summed E-state index contributed by atoms with van der Waals surface area (Å²) in [7, 11) is 0. The highest BCUT2D eigenvalue weighted by molar-refractivity contribution is 6.35. The van der Waals surface area contributed by atoms with Crippen LogP contribution in [0.15, 0.2) is 42.5 Å². The minimum Gasteiger partial charge on any atom is -0.480 e. The summed E-state index contributed by atoms with van der Waals surface area (Å²) in [6.45, 7) is 4.07. The molecule has 0 spiro atoms. The molecular formula is C18H18Cl2O3. The molecular weight excluding hydrogens is 335 g/mol. The average molecular weight is 353 g/mol. The van der Waals surface area contributed by atoms with E-state index in [9.17, 15) is 4.79 Å². The number of hydrogen-bond acceptors (Lipinski definition) is 3. The zero-order valence-corrected chi connectivity index (χ0v) is 14.5. The van der Waals surface area contributed by atoms with E-state index in [0.717, 1.165) is 6.42 Å². The summed E-state index contributed by atoms with van der Waals surface area (Å²) in [5, 5.41) is 0.856. The maximum Gasteiger partial charge on any atom is 0.349 e. The van der Waals surface area contributed by atoms with Crippen molar-refractivity contribution in [2.24, 2.45) is 0 Å². The van der Waals surface area contributed by atoms with E-state index in [1.807, 2.05) is 12.1 Å². The van der Waals surface area contributed by atoms with Crippen LogP contribution in [0.1, 0.15) is 31.7 Å². The van der Waals surface area contributed by atoms with Crippen LogP contribution in [0.4, 0.5) is 0 Å². The van der Waals surface area contributed by atoms with E-state index in [1.54, 1.807) is 30.3 Å². The van der Waals surface area contributed by atoms with E-state index >= 15 is 0 Å². The van der Waals surface area contributed by atoms with E-state index in [0.29, 0.717) is 27.5 Å². The summed E-state index contributed by atoms with van der Waals surface area (Å²) in [6.07, 6.45) is 1.06. The molecule has 23 heavy (non-hydrogen) atoms. The molecule has 0 aliphatic rings. The smallest absolute Gasteiger partial charge is 0.349 e. The first-order valence-electron chi connectivity index (χ1n) is 7.38. The number of rotatable bonds is 6. The van der Waals surface area contributed by atoms with Gasteiger partial charge in [0.25, 0.3) is 0 Å². The van der Waals surface area contributed by atoms with Gasteiger partial charge in [-0.15, -0.1) is 0 Å². The third kappa shape index (κ3) is 5.15. The summed E-state index contributed by atoms with van der Waals surface area (Å²) in [5.41, 5.74) is 1.22. The third-order valence-corrected chi connectivity index (χ3v) is 4.06. The Balaban J connectivity index is 1.89. The van der Waals surface area contributed by atoms with E-state index in [4.69, 9.17) is 32.7 Å². The Kier molecular flexibility index (Phi) is 6.31. The molecule has 0 aliphatic heterocycles. The van der Waals surface area contributed by atoms with Gasteiger partial charge in [-0.05, 0) is 48.2 Å². The number of benzene rings is 2. The summed E-state index contributed by atoms with van der Waals surface area (Å²) in [4.78, 5) is 11.8. The lowest BCUT2D eigenvalue weighted by Gasteiger charge is -2.11. The molecule has 0 fully saturated rings. The van der Waals surface area contributed by atoms with Crippen LogP contribution in [0.3, 0.4) is 0 Å². The van der Waals surface area contributed by atoms with Gasteiger partial charge in [-0.3, -0.25) is 0 Å². The number of ether oxygens (including phenoxy) is 2. The fourth-order valence-electron chi connectivity index (χ4n) is 1.99. The van der Waals surface area contributed by atoms with Crippen molar-refractivity contribution in [2.45, 2.75) is 26.2 Å². The largest absolute Gasteiger partial charge is 0.480 e. The van der Waals surface area contributed by atoms with E-state index < -0.39 is 5.97 Å².